The minimum absolute atomic E-state index is 0.00794. The first kappa shape index (κ1) is 42.0. The lowest BCUT2D eigenvalue weighted by Crippen LogP contribution is -2.35. The van der Waals surface area contributed by atoms with Crippen molar-refractivity contribution in [3.63, 3.8) is 0 Å². The normalized spacial score (nSPS) is 26.1. The first-order valence-corrected chi connectivity index (χ1v) is 22.2. The molecule has 0 radical (unpaired) electrons. The number of fused-ring (bicyclic) bond motifs is 1. The summed E-state index contributed by atoms with van der Waals surface area (Å²) in [7, 11) is 1.66. The molecule has 6 atom stereocenters. The number of hydrogen-bond donors (Lipinski definition) is 0. The van der Waals surface area contributed by atoms with Crippen molar-refractivity contribution in [2.24, 2.45) is 52.8 Å². The molecule has 58 heavy (non-hydrogen) atoms. The van der Waals surface area contributed by atoms with E-state index in [0.717, 1.165) is 79.0 Å². The summed E-state index contributed by atoms with van der Waals surface area (Å²) >= 11 is 0. The van der Waals surface area contributed by atoms with Crippen LogP contribution in [0.5, 0.6) is 11.5 Å². The Morgan fingerprint density at radius 2 is 1.67 bits per heavy atom. The molecule has 0 amide bonds. The highest BCUT2D eigenvalue weighted by molar-refractivity contribution is 6.07. The summed E-state index contributed by atoms with van der Waals surface area (Å²) in [6, 6.07) is 10.2. The van der Waals surface area contributed by atoms with Crippen molar-refractivity contribution in [3.05, 3.63) is 66.3 Å². The summed E-state index contributed by atoms with van der Waals surface area (Å²) in [6.07, 6.45) is 15.7. The zero-order valence-corrected chi connectivity index (χ0v) is 35.5. The molecule has 0 saturated heterocycles. The van der Waals surface area contributed by atoms with E-state index < -0.39 is 29.3 Å². The number of ketones is 5. The Balaban J connectivity index is 1.18. The van der Waals surface area contributed by atoms with Crippen LogP contribution in [0.3, 0.4) is 0 Å². The van der Waals surface area contributed by atoms with Crippen molar-refractivity contribution >= 4 is 45.3 Å². The van der Waals surface area contributed by atoms with Gasteiger partial charge in [-0.25, -0.2) is 0 Å². The van der Waals surface area contributed by atoms with Gasteiger partial charge in [-0.15, -0.1) is 6.58 Å². The van der Waals surface area contributed by atoms with Crippen LogP contribution < -0.4 is 9.47 Å². The van der Waals surface area contributed by atoms with Crippen molar-refractivity contribution in [1.29, 1.82) is 0 Å². The van der Waals surface area contributed by atoms with E-state index >= 15 is 0 Å². The fourth-order valence-corrected chi connectivity index (χ4v) is 10.5. The van der Waals surface area contributed by atoms with Crippen LogP contribution in [-0.2, 0) is 24.0 Å². The summed E-state index contributed by atoms with van der Waals surface area (Å²) in [4.78, 5) is 69.6. The fraction of sp³-hybridized carbons (Fsp3) is 0.588. The molecule has 0 N–H and O–H groups in total. The third kappa shape index (κ3) is 9.34. The van der Waals surface area contributed by atoms with E-state index in [1.807, 2.05) is 32.0 Å². The summed E-state index contributed by atoms with van der Waals surface area (Å²) in [5, 5.41) is 1.89. The lowest BCUT2D eigenvalue weighted by molar-refractivity contribution is -0.138. The molecule has 0 bridgehead atoms. The van der Waals surface area contributed by atoms with Crippen LogP contribution in [0, 0.1) is 52.8 Å². The van der Waals surface area contributed by atoms with E-state index in [1.165, 1.54) is 5.57 Å². The Labute approximate surface area is 345 Å². The van der Waals surface area contributed by atoms with Crippen molar-refractivity contribution < 1.29 is 33.4 Å². The molecule has 0 spiro atoms. The second kappa shape index (κ2) is 17.6. The van der Waals surface area contributed by atoms with E-state index in [9.17, 15) is 24.0 Å². The number of Topliss-reactive ketones (excluding diaryl/α,β-unsaturated/α-hetero) is 5. The molecule has 5 aliphatic carbocycles. The molecule has 2 aromatic carbocycles. The molecular formula is C51H64O7. The van der Waals surface area contributed by atoms with Gasteiger partial charge in [0.1, 0.15) is 46.5 Å². The van der Waals surface area contributed by atoms with Gasteiger partial charge in [0.2, 0.25) is 0 Å². The third-order valence-electron chi connectivity index (χ3n) is 14.1. The predicted molar refractivity (Wildman–Crippen MR) is 229 cm³/mol. The van der Waals surface area contributed by atoms with Gasteiger partial charge in [0.05, 0.1) is 13.5 Å². The lowest BCUT2D eigenvalue weighted by Gasteiger charge is -2.26. The van der Waals surface area contributed by atoms with Gasteiger partial charge < -0.3 is 9.47 Å². The molecule has 7 rings (SSSR count). The maximum atomic E-state index is 14.8. The van der Waals surface area contributed by atoms with Crippen LogP contribution in [-0.4, -0.2) is 42.1 Å². The molecule has 0 aliphatic heterocycles. The minimum atomic E-state index is -0.939. The molecule has 4 fully saturated rings. The first-order valence-electron chi connectivity index (χ1n) is 22.2. The zero-order valence-electron chi connectivity index (χ0n) is 35.5. The smallest absolute Gasteiger partial charge is 0.147 e. The summed E-state index contributed by atoms with van der Waals surface area (Å²) in [5.74, 6) is 0.102. The predicted octanol–water partition coefficient (Wildman–Crippen LogP) is 10.9. The lowest BCUT2D eigenvalue weighted by atomic mass is 9.75. The minimum Gasteiger partial charge on any atom is -0.497 e. The van der Waals surface area contributed by atoms with E-state index in [4.69, 9.17) is 9.47 Å². The van der Waals surface area contributed by atoms with Crippen LogP contribution >= 0.6 is 0 Å². The Morgan fingerprint density at radius 3 is 2.33 bits per heavy atom. The SMILES string of the molecule is C=CC1CC1(CC(=O)C1CC(Oc2cc(C3=CCC(CC(C)C)=C3)cc3cc(OC)ccc23)CC1C(=O)C(CC(=O)CC1CCCC1)C(C)C)C(=O)CC(=O)C1CC1. The number of allylic oxidation sites excluding steroid dienone is 5. The molecule has 7 nitrogen and oxygen atoms in total. The number of rotatable bonds is 21. The zero-order chi connectivity index (χ0) is 41.3. The molecule has 2 aromatic rings. The van der Waals surface area contributed by atoms with Gasteiger partial charge in [-0.1, -0.05) is 77.2 Å². The molecule has 0 heterocycles. The van der Waals surface area contributed by atoms with Gasteiger partial charge in [0.15, 0.2) is 0 Å². The summed E-state index contributed by atoms with van der Waals surface area (Å²) in [5.41, 5.74) is 2.65. The Hall–Kier alpha value is -4.13. The highest BCUT2D eigenvalue weighted by Gasteiger charge is 2.60. The molecule has 0 aromatic heterocycles. The quantitative estimate of drug-likeness (QED) is 0.0916. The Bertz CT molecular complexity index is 2010. The van der Waals surface area contributed by atoms with Gasteiger partial charge in [-0.3, -0.25) is 24.0 Å². The third-order valence-corrected chi connectivity index (χ3v) is 14.1. The summed E-state index contributed by atoms with van der Waals surface area (Å²) in [6.45, 7) is 12.4. The second-order valence-corrected chi connectivity index (χ2v) is 19.3. The van der Waals surface area contributed by atoms with Crippen LogP contribution in [0.25, 0.3) is 16.3 Å². The average Bonchev–Trinajstić information content (AvgIpc) is 3.97. The summed E-state index contributed by atoms with van der Waals surface area (Å²) < 4.78 is 12.6. The van der Waals surface area contributed by atoms with Gasteiger partial charge in [-0.2, -0.15) is 0 Å². The van der Waals surface area contributed by atoms with Gasteiger partial charge in [-0.05, 0) is 115 Å². The van der Waals surface area contributed by atoms with Gasteiger partial charge in [0.25, 0.3) is 0 Å². The van der Waals surface area contributed by atoms with E-state index in [0.29, 0.717) is 43.3 Å². The highest BCUT2D eigenvalue weighted by atomic mass is 16.5. The number of hydrogen-bond acceptors (Lipinski definition) is 7. The van der Waals surface area contributed by atoms with Gasteiger partial charge >= 0.3 is 0 Å². The second-order valence-electron chi connectivity index (χ2n) is 19.3. The number of ether oxygens (including phenoxy) is 2. The largest absolute Gasteiger partial charge is 0.497 e. The van der Waals surface area contributed by atoms with Crippen LogP contribution in [0.15, 0.2) is 60.7 Å². The van der Waals surface area contributed by atoms with Crippen LogP contribution in [0.4, 0.5) is 0 Å². The number of carbonyl (C=O) groups is 5. The topological polar surface area (TPSA) is 104 Å². The molecule has 310 valence electrons. The van der Waals surface area contributed by atoms with E-state index in [-0.39, 0.29) is 65.9 Å². The maximum absolute atomic E-state index is 14.8. The fourth-order valence-electron chi connectivity index (χ4n) is 10.5. The Morgan fingerprint density at radius 1 is 0.931 bits per heavy atom. The van der Waals surface area contributed by atoms with E-state index in [2.05, 4.69) is 44.7 Å². The highest BCUT2D eigenvalue weighted by Crippen LogP contribution is 2.59. The monoisotopic (exact) mass is 788 g/mol. The number of benzene rings is 2. The molecule has 4 saturated carbocycles. The van der Waals surface area contributed by atoms with E-state index in [1.54, 1.807) is 13.2 Å². The number of carbonyl (C=O) groups excluding carboxylic acids is 5. The number of methoxy groups -OCH3 is 1. The average molecular weight is 789 g/mol. The van der Waals surface area contributed by atoms with Crippen molar-refractivity contribution in [3.8, 4) is 11.5 Å². The van der Waals surface area contributed by atoms with Crippen molar-refractivity contribution in [2.75, 3.05) is 7.11 Å². The van der Waals surface area contributed by atoms with Crippen molar-refractivity contribution in [2.45, 2.75) is 130 Å². The Kier molecular flexibility index (Phi) is 12.8. The first-order chi connectivity index (χ1) is 27.8. The molecular weight excluding hydrogens is 725 g/mol. The standard InChI is InChI=1S/C51H64O7/c1-7-38-28-51(38,49(55)27-46(53)34-14-15-34)29-47(54)44-25-41(26-45(44)50(56)43(31(4)5)24-39(52)20-32-10-8-9-11-32)58-48-23-36(35-13-12-33(19-35)18-30(2)3)21-37-22-40(57-6)16-17-42(37)48/h7,13,16-17,19,21-23,30-32,34,38,41,43-45H,1,8-12,14-15,18,20,24-29H2,2-6H3. The molecule has 7 heteroatoms. The van der Waals surface area contributed by atoms with Crippen LogP contribution in [0.2, 0.25) is 0 Å². The molecule has 5 aliphatic rings. The maximum Gasteiger partial charge on any atom is 0.147 e. The van der Waals surface area contributed by atoms with Gasteiger partial charge in [0, 0.05) is 53.7 Å². The van der Waals surface area contributed by atoms with Crippen LogP contribution in [0.1, 0.15) is 130 Å². The van der Waals surface area contributed by atoms with Crippen molar-refractivity contribution in [1.82, 2.24) is 0 Å². The molecule has 6 unspecified atom stereocenters.